The normalized spacial score (nSPS) is 41.8. The fraction of sp³-hybridized carbons (Fsp3) is 1.00. The second-order valence-corrected chi connectivity index (χ2v) is 5.86. The highest BCUT2D eigenvalue weighted by atomic mass is 14.6. The number of rotatable bonds is 0. The molecule has 0 N–H and O–H groups in total. The van der Waals surface area contributed by atoms with E-state index in [2.05, 4.69) is 20.8 Å². The highest BCUT2D eigenvalue weighted by Gasteiger charge is 2.54. The number of hydrogen-bond donors (Lipinski definition) is 0. The first-order valence-electron chi connectivity index (χ1n) is 5.61. The Morgan fingerprint density at radius 1 is 0.833 bits per heavy atom. The predicted octanol–water partition coefficient (Wildman–Crippen LogP) is 3.86. The summed E-state index contributed by atoms with van der Waals surface area (Å²) in [5.41, 5.74) is 0.590. The molecule has 0 heterocycles. The minimum atomic E-state index is 0.590. The first-order chi connectivity index (χ1) is 5.61. The largest absolute Gasteiger partial charge is 0.0599 e. The predicted molar refractivity (Wildman–Crippen MR) is 53.0 cm³/mol. The molecule has 0 aliphatic heterocycles. The van der Waals surface area contributed by atoms with Crippen LogP contribution in [0.15, 0.2) is 0 Å². The zero-order valence-electron chi connectivity index (χ0n) is 8.77. The van der Waals surface area contributed by atoms with E-state index >= 15 is 0 Å². The van der Waals surface area contributed by atoms with Crippen molar-refractivity contribution in [3.05, 3.63) is 0 Å². The molecule has 12 heavy (non-hydrogen) atoms. The molecule has 2 rings (SSSR count). The van der Waals surface area contributed by atoms with Crippen molar-refractivity contribution in [2.75, 3.05) is 0 Å². The van der Waals surface area contributed by atoms with Gasteiger partial charge in [0.15, 0.2) is 0 Å². The van der Waals surface area contributed by atoms with E-state index < -0.39 is 0 Å². The lowest BCUT2D eigenvalue weighted by molar-refractivity contribution is 0.305. The Kier molecular flexibility index (Phi) is 1.97. The van der Waals surface area contributed by atoms with Crippen LogP contribution in [0.1, 0.15) is 52.9 Å². The second-order valence-electron chi connectivity index (χ2n) is 5.86. The third kappa shape index (κ3) is 1.41. The molecule has 0 amide bonds. The van der Waals surface area contributed by atoms with E-state index in [4.69, 9.17) is 0 Å². The molecule has 2 unspecified atom stereocenters. The van der Waals surface area contributed by atoms with Crippen molar-refractivity contribution < 1.29 is 0 Å². The van der Waals surface area contributed by atoms with Gasteiger partial charge in [-0.25, -0.2) is 0 Å². The molecule has 0 aromatic rings. The summed E-state index contributed by atoms with van der Waals surface area (Å²) in [6.07, 6.45) is 7.59. The van der Waals surface area contributed by atoms with Gasteiger partial charge in [0.2, 0.25) is 0 Å². The van der Waals surface area contributed by atoms with Crippen LogP contribution < -0.4 is 0 Å². The molecule has 0 aromatic carbocycles. The van der Waals surface area contributed by atoms with Crippen molar-refractivity contribution in [2.45, 2.75) is 52.9 Å². The Morgan fingerprint density at radius 3 is 1.75 bits per heavy atom. The monoisotopic (exact) mass is 166 g/mol. The Balaban J connectivity index is 1.98. The molecule has 0 aromatic heterocycles. The highest BCUT2D eigenvalue weighted by molar-refractivity contribution is 5.03. The van der Waals surface area contributed by atoms with Gasteiger partial charge in [-0.05, 0) is 36.0 Å². The van der Waals surface area contributed by atoms with Crippen molar-refractivity contribution in [3.63, 3.8) is 0 Å². The van der Waals surface area contributed by atoms with Gasteiger partial charge in [0.05, 0.1) is 0 Å². The smallest absolute Gasteiger partial charge is 0.0303 e. The van der Waals surface area contributed by atoms with E-state index in [1.807, 2.05) is 0 Å². The second kappa shape index (κ2) is 2.75. The van der Waals surface area contributed by atoms with E-state index in [-0.39, 0.29) is 0 Å². The highest BCUT2D eigenvalue weighted by Crippen LogP contribution is 2.61. The topological polar surface area (TPSA) is 0 Å². The molecule has 0 nitrogen and oxygen atoms in total. The molecule has 2 atom stereocenters. The van der Waals surface area contributed by atoms with Crippen molar-refractivity contribution in [1.29, 1.82) is 0 Å². The fourth-order valence-electron chi connectivity index (χ4n) is 3.45. The van der Waals surface area contributed by atoms with Gasteiger partial charge in [-0.2, -0.15) is 0 Å². The Hall–Kier alpha value is 0. The minimum Gasteiger partial charge on any atom is -0.0599 e. The molecule has 2 aliphatic carbocycles. The van der Waals surface area contributed by atoms with Crippen molar-refractivity contribution >= 4 is 0 Å². The first-order valence-corrected chi connectivity index (χ1v) is 5.61. The maximum atomic E-state index is 2.42. The zero-order chi connectivity index (χ0) is 8.77. The average Bonchev–Trinajstić information content (AvgIpc) is 2.54. The summed E-state index contributed by atoms with van der Waals surface area (Å²) in [5.74, 6) is 3.30. The number of hydrogen-bond acceptors (Lipinski definition) is 0. The molecule has 0 spiro atoms. The van der Waals surface area contributed by atoms with Gasteiger partial charge in [0, 0.05) is 0 Å². The molecule has 70 valence electrons. The van der Waals surface area contributed by atoms with E-state index in [9.17, 15) is 0 Å². The molecule has 0 saturated heterocycles. The third-order valence-electron chi connectivity index (χ3n) is 3.91. The quantitative estimate of drug-likeness (QED) is 0.512. The van der Waals surface area contributed by atoms with Crippen molar-refractivity contribution in [1.82, 2.24) is 0 Å². The maximum Gasteiger partial charge on any atom is -0.0303 e. The lowest BCUT2D eigenvalue weighted by Crippen LogP contribution is -2.11. The summed E-state index contributed by atoms with van der Waals surface area (Å²) in [5, 5.41) is 0. The van der Waals surface area contributed by atoms with Crippen LogP contribution in [0.2, 0.25) is 0 Å². The van der Waals surface area contributed by atoms with Gasteiger partial charge >= 0.3 is 0 Å². The molecule has 2 saturated carbocycles. The Bertz CT molecular complexity index is 151. The standard InChI is InChI=1S/C12H22/c1-12(2,3)11-9-7-5-4-6-8-10(9)11/h9-11H,4-8H2,1-3H3. The van der Waals surface area contributed by atoms with E-state index in [1.165, 1.54) is 32.1 Å². The van der Waals surface area contributed by atoms with Gasteiger partial charge in [-0.3, -0.25) is 0 Å². The van der Waals surface area contributed by atoms with E-state index in [0.29, 0.717) is 5.41 Å². The summed E-state index contributed by atoms with van der Waals surface area (Å²) in [4.78, 5) is 0. The summed E-state index contributed by atoms with van der Waals surface area (Å²) in [6.45, 7) is 7.27. The van der Waals surface area contributed by atoms with Crippen LogP contribution in [0.3, 0.4) is 0 Å². The summed E-state index contributed by atoms with van der Waals surface area (Å²) >= 11 is 0. The lowest BCUT2D eigenvalue weighted by atomic mass is 9.86. The van der Waals surface area contributed by atoms with Gasteiger partial charge in [0.25, 0.3) is 0 Å². The van der Waals surface area contributed by atoms with Crippen LogP contribution in [-0.4, -0.2) is 0 Å². The van der Waals surface area contributed by atoms with E-state index in [0.717, 1.165) is 17.8 Å². The van der Waals surface area contributed by atoms with Crippen LogP contribution >= 0.6 is 0 Å². The van der Waals surface area contributed by atoms with Gasteiger partial charge < -0.3 is 0 Å². The fourth-order valence-corrected chi connectivity index (χ4v) is 3.45. The molecule has 0 bridgehead atoms. The molecule has 2 fully saturated rings. The summed E-state index contributed by atoms with van der Waals surface area (Å²) in [6, 6.07) is 0. The molecular formula is C12H22. The Labute approximate surface area is 76.7 Å². The maximum absolute atomic E-state index is 2.42. The van der Waals surface area contributed by atoms with Crippen LogP contribution in [0.25, 0.3) is 0 Å². The van der Waals surface area contributed by atoms with Gasteiger partial charge in [0.1, 0.15) is 0 Å². The van der Waals surface area contributed by atoms with E-state index in [1.54, 1.807) is 0 Å². The van der Waals surface area contributed by atoms with Crippen molar-refractivity contribution in [2.24, 2.45) is 23.2 Å². The van der Waals surface area contributed by atoms with Gasteiger partial charge in [-0.1, -0.05) is 40.0 Å². The SMILES string of the molecule is CC(C)(C)C1C2CCCCCC21. The molecule has 0 heteroatoms. The molecular weight excluding hydrogens is 144 g/mol. The molecule has 2 aliphatic rings. The first kappa shape index (κ1) is 8.59. The van der Waals surface area contributed by atoms with Crippen LogP contribution in [0.4, 0.5) is 0 Å². The molecule has 0 radical (unpaired) electrons. The summed E-state index contributed by atoms with van der Waals surface area (Å²) in [7, 11) is 0. The Morgan fingerprint density at radius 2 is 1.33 bits per heavy atom. The van der Waals surface area contributed by atoms with Crippen LogP contribution in [0, 0.1) is 23.2 Å². The minimum absolute atomic E-state index is 0.590. The van der Waals surface area contributed by atoms with Crippen LogP contribution in [0.5, 0.6) is 0 Å². The average molecular weight is 166 g/mol. The van der Waals surface area contributed by atoms with Crippen molar-refractivity contribution in [3.8, 4) is 0 Å². The number of fused-ring (bicyclic) bond motifs is 1. The summed E-state index contributed by atoms with van der Waals surface area (Å²) < 4.78 is 0. The van der Waals surface area contributed by atoms with Crippen LogP contribution in [-0.2, 0) is 0 Å². The zero-order valence-corrected chi connectivity index (χ0v) is 8.77. The third-order valence-corrected chi connectivity index (χ3v) is 3.91. The lowest BCUT2D eigenvalue weighted by Gasteiger charge is -2.19. The van der Waals surface area contributed by atoms with Gasteiger partial charge in [-0.15, -0.1) is 0 Å².